The lowest BCUT2D eigenvalue weighted by atomic mass is 10.1. The first-order chi connectivity index (χ1) is 14.3. The second-order valence-corrected chi connectivity index (χ2v) is 7.28. The van der Waals surface area contributed by atoms with Crippen LogP contribution in [0.2, 0.25) is 0 Å². The van der Waals surface area contributed by atoms with Crippen LogP contribution in [0.4, 0.5) is 17.1 Å². The molecule has 2 N–H and O–H groups in total. The number of anilines is 2. The number of hydrogen-bond acceptors (Lipinski definition) is 6. The number of amides is 2. The summed E-state index contributed by atoms with van der Waals surface area (Å²) < 4.78 is 5.23. The molecule has 0 spiro atoms. The lowest BCUT2D eigenvalue weighted by Crippen LogP contribution is -2.42. The largest absolute Gasteiger partial charge is 0.495 e. The highest BCUT2D eigenvalue weighted by Gasteiger charge is 2.29. The van der Waals surface area contributed by atoms with Gasteiger partial charge in [0, 0.05) is 23.9 Å². The summed E-state index contributed by atoms with van der Waals surface area (Å²) >= 11 is 0. The van der Waals surface area contributed by atoms with Gasteiger partial charge >= 0.3 is 0 Å². The summed E-state index contributed by atoms with van der Waals surface area (Å²) in [4.78, 5) is 37.1. The Bertz CT molecular complexity index is 991. The summed E-state index contributed by atoms with van der Waals surface area (Å²) in [6.45, 7) is 3.74. The Labute approximate surface area is 174 Å². The third-order valence-electron chi connectivity index (χ3n) is 5.02. The van der Waals surface area contributed by atoms with E-state index in [2.05, 4.69) is 10.6 Å². The molecule has 1 unspecified atom stereocenters. The first-order valence-electron chi connectivity index (χ1n) is 9.53. The molecule has 1 aliphatic heterocycles. The average molecular weight is 412 g/mol. The van der Waals surface area contributed by atoms with Gasteiger partial charge in [0.05, 0.1) is 30.8 Å². The van der Waals surface area contributed by atoms with Crippen molar-refractivity contribution < 1.29 is 19.2 Å². The number of rotatable bonds is 7. The lowest BCUT2D eigenvalue weighted by molar-refractivity contribution is -0.384. The van der Waals surface area contributed by atoms with E-state index in [4.69, 9.17) is 4.74 Å². The Morgan fingerprint density at radius 3 is 2.70 bits per heavy atom. The minimum Gasteiger partial charge on any atom is -0.495 e. The van der Waals surface area contributed by atoms with Gasteiger partial charge in [0.2, 0.25) is 11.8 Å². The van der Waals surface area contributed by atoms with Gasteiger partial charge in [0.1, 0.15) is 5.75 Å². The van der Waals surface area contributed by atoms with Crippen molar-refractivity contribution in [2.24, 2.45) is 0 Å². The van der Waals surface area contributed by atoms with E-state index in [0.717, 1.165) is 16.8 Å². The fourth-order valence-corrected chi connectivity index (χ4v) is 3.54. The molecule has 2 amide bonds. The highest BCUT2D eigenvalue weighted by molar-refractivity contribution is 5.96. The SMILES string of the molecule is COc1ccc(C)cc1NC(=O)CNC(=O)CN1c2ccc([N+](=O)[O-])cc2CC1C. The number of hydrogen-bond donors (Lipinski definition) is 2. The Balaban J connectivity index is 1.57. The van der Waals surface area contributed by atoms with Gasteiger partial charge in [-0.15, -0.1) is 0 Å². The van der Waals surface area contributed by atoms with E-state index in [1.165, 1.54) is 13.2 Å². The predicted octanol–water partition coefficient (Wildman–Crippen LogP) is 2.42. The van der Waals surface area contributed by atoms with E-state index >= 15 is 0 Å². The summed E-state index contributed by atoms with van der Waals surface area (Å²) in [5, 5.41) is 16.3. The van der Waals surface area contributed by atoms with Crippen LogP contribution in [0.5, 0.6) is 5.75 Å². The molecule has 3 rings (SSSR count). The number of nitro benzene ring substituents is 1. The molecule has 158 valence electrons. The second kappa shape index (κ2) is 8.81. The van der Waals surface area contributed by atoms with Crippen molar-refractivity contribution in [3.05, 3.63) is 57.6 Å². The Hall–Kier alpha value is -3.62. The van der Waals surface area contributed by atoms with Crippen LogP contribution in [-0.2, 0) is 16.0 Å². The molecule has 9 heteroatoms. The maximum Gasteiger partial charge on any atom is 0.269 e. The molecular weight excluding hydrogens is 388 g/mol. The second-order valence-electron chi connectivity index (χ2n) is 7.28. The van der Waals surface area contributed by atoms with Gasteiger partial charge in [0.25, 0.3) is 5.69 Å². The third kappa shape index (κ3) is 4.68. The number of non-ortho nitro benzene ring substituents is 1. The van der Waals surface area contributed by atoms with E-state index in [1.807, 2.05) is 24.8 Å². The van der Waals surface area contributed by atoms with Crippen molar-refractivity contribution in [2.75, 3.05) is 30.4 Å². The molecule has 0 saturated carbocycles. The summed E-state index contributed by atoms with van der Waals surface area (Å²) in [6, 6.07) is 10.1. The maximum absolute atomic E-state index is 12.4. The van der Waals surface area contributed by atoms with Crippen molar-refractivity contribution in [2.45, 2.75) is 26.3 Å². The summed E-state index contributed by atoms with van der Waals surface area (Å²) in [7, 11) is 1.52. The average Bonchev–Trinajstić information content (AvgIpc) is 3.01. The molecular formula is C21H24N4O5. The van der Waals surface area contributed by atoms with E-state index in [0.29, 0.717) is 17.9 Å². The number of nitrogens with one attached hydrogen (secondary N) is 2. The Morgan fingerprint density at radius 1 is 1.23 bits per heavy atom. The molecule has 1 heterocycles. The van der Waals surface area contributed by atoms with E-state index < -0.39 is 4.92 Å². The van der Waals surface area contributed by atoms with Crippen molar-refractivity contribution in [3.8, 4) is 5.75 Å². The minimum absolute atomic E-state index is 0.0261. The molecule has 0 aliphatic carbocycles. The normalized spacial score (nSPS) is 14.8. The van der Waals surface area contributed by atoms with E-state index in [1.54, 1.807) is 24.3 Å². The first kappa shape index (κ1) is 21.1. The van der Waals surface area contributed by atoms with Crippen LogP contribution in [0.25, 0.3) is 0 Å². The van der Waals surface area contributed by atoms with Crippen LogP contribution >= 0.6 is 0 Å². The number of nitro groups is 1. The van der Waals surface area contributed by atoms with E-state index in [-0.39, 0.29) is 36.6 Å². The molecule has 0 saturated heterocycles. The highest BCUT2D eigenvalue weighted by Crippen LogP contribution is 2.34. The zero-order chi connectivity index (χ0) is 21.8. The van der Waals surface area contributed by atoms with Crippen molar-refractivity contribution in [1.29, 1.82) is 0 Å². The van der Waals surface area contributed by atoms with Gasteiger partial charge in [-0.25, -0.2) is 0 Å². The van der Waals surface area contributed by atoms with Crippen molar-refractivity contribution in [1.82, 2.24) is 5.32 Å². The maximum atomic E-state index is 12.4. The lowest BCUT2D eigenvalue weighted by Gasteiger charge is -2.24. The van der Waals surface area contributed by atoms with Gasteiger partial charge in [-0.05, 0) is 49.6 Å². The number of nitrogens with zero attached hydrogens (tertiary/aromatic N) is 2. The van der Waals surface area contributed by atoms with Gasteiger partial charge in [-0.2, -0.15) is 0 Å². The number of fused-ring (bicyclic) bond motifs is 1. The van der Waals surface area contributed by atoms with Gasteiger partial charge in [-0.1, -0.05) is 6.07 Å². The molecule has 0 aromatic heterocycles. The van der Waals surface area contributed by atoms with Gasteiger partial charge < -0.3 is 20.3 Å². The molecule has 0 bridgehead atoms. The molecule has 30 heavy (non-hydrogen) atoms. The summed E-state index contributed by atoms with van der Waals surface area (Å²) in [6.07, 6.45) is 0.623. The van der Waals surface area contributed by atoms with Crippen LogP contribution in [0.3, 0.4) is 0 Å². The summed E-state index contributed by atoms with van der Waals surface area (Å²) in [5.41, 5.74) is 3.19. The quantitative estimate of drug-likeness (QED) is 0.533. The number of benzene rings is 2. The Morgan fingerprint density at radius 2 is 2.00 bits per heavy atom. The van der Waals surface area contributed by atoms with Crippen molar-refractivity contribution in [3.63, 3.8) is 0 Å². The Kier molecular flexibility index (Phi) is 6.20. The summed E-state index contributed by atoms with van der Waals surface area (Å²) in [5.74, 6) is -0.131. The zero-order valence-corrected chi connectivity index (χ0v) is 17.1. The highest BCUT2D eigenvalue weighted by atomic mass is 16.6. The van der Waals surface area contributed by atoms with E-state index in [9.17, 15) is 19.7 Å². The van der Waals surface area contributed by atoms with Crippen LogP contribution < -0.4 is 20.3 Å². The predicted molar refractivity (Wildman–Crippen MR) is 113 cm³/mol. The van der Waals surface area contributed by atoms with Crippen LogP contribution in [0.15, 0.2) is 36.4 Å². The number of methoxy groups -OCH3 is 1. The smallest absolute Gasteiger partial charge is 0.269 e. The number of carbonyl (C=O) groups excluding carboxylic acids is 2. The van der Waals surface area contributed by atoms with Crippen LogP contribution in [-0.4, -0.2) is 43.0 Å². The van der Waals surface area contributed by atoms with Crippen molar-refractivity contribution >= 4 is 28.9 Å². The molecule has 9 nitrogen and oxygen atoms in total. The number of carbonyl (C=O) groups is 2. The molecule has 1 atom stereocenters. The fourth-order valence-electron chi connectivity index (χ4n) is 3.54. The van der Waals surface area contributed by atoms with Gasteiger partial charge in [-0.3, -0.25) is 19.7 Å². The number of ether oxygens (including phenoxy) is 1. The standard InChI is InChI=1S/C21H24N4O5/c1-13-4-7-19(30-3)17(8-13)23-20(26)11-22-21(27)12-24-14(2)9-15-10-16(25(28)29)5-6-18(15)24/h4-8,10,14H,9,11-12H2,1-3H3,(H,22,27)(H,23,26). The monoisotopic (exact) mass is 412 g/mol. The minimum atomic E-state index is -0.428. The topological polar surface area (TPSA) is 114 Å². The molecule has 1 aliphatic rings. The molecule has 0 radical (unpaired) electrons. The fraction of sp³-hybridized carbons (Fsp3) is 0.333. The molecule has 2 aromatic rings. The zero-order valence-electron chi connectivity index (χ0n) is 17.1. The van der Waals surface area contributed by atoms with Crippen LogP contribution in [0, 0.1) is 17.0 Å². The number of aryl methyl sites for hydroxylation is 1. The van der Waals surface area contributed by atoms with Gasteiger partial charge in [0.15, 0.2) is 0 Å². The third-order valence-corrected chi connectivity index (χ3v) is 5.02. The molecule has 2 aromatic carbocycles. The molecule has 0 fully saturated rings. The first-order valence-corrected chi connectivity index (χ1v) is 9.53. The van der Waals surface area contributed by atoms with Crippen LogP contribution in [0.1, 0.15) is 18.1 Å².